The number of carbonyl (C=O) groups is 1. The van der Waals surface area contributed by atoms with E-state index in [2.05, 4.69) is 15.3 Å². The molecule has 17 heavy (non-hydrogen) atoms. The standard InChI is InChI=1S/C11H9N3O3/c15-8-4-7(5-9(16)6-8)10(17)14-11-12-2-1-3-13-11/h1-6,15-16H,(H,12,13,14,17). The highest BCUT2D eigenvalue weighted by Gasteiger charge is 2.09. The largest absolute Gasteiger partial charge is 0.508 e. The van der Waals surface area contributed by atoms with Crippen LogP contribution in [0, 0.1) is 0 Å². The number of hydrogen-bond donors (Lipinski definition) is 3. The van der Waals surface area contributed by atoms with Gasteiger partial charge in [0.25, 0.3) is 5.91 Å². The van der Waals surface area contributed by atoms with Gasteiger partial charge in [0.1, 0.15) is 11.5 Å². The maximum atomic E-state index is 11.7. The second-order valence-corrected chi connectivity index (χ2v) is 3.26. The van der Waals surface area contributed by atoms with Crippen LogP contribution >= 0.6 is 0 Å². The van der Waals surface area contributed by atoms with Crippen LogP contribution in [0.3, 0.4) is 0 Å². The van der Waals surface area contributed by atoms with Gasteiger partial charge in [0.2, 0.25) is 5.95 Å². The number of amides is 1. The molecular weight excluding hydrogens is 222 g/mol. The van der Waals surface area contributed by atoms with Gasteiger partial charge < -0.3 is 10.2 Å². The molecule has 6 nitrogen and oxygen atoms in total. The van der Waals surface area contributed by atoms with E-state index in [0.717, 1.165) is 6.07 Å². The molecule has 0 saturated carbocycles. The Kier molecular flexibility index (Phi) is 2.87. The van der Waals surface area contributed by atoms with E-state index < -0.39 is 5.91 Å². The van der Waals surface area contributed by atoms with Gasteiger partial charge >= 0.3 is 0 Å². The van der Waals surface area contributed by atoms with Gasteiger partial charge in [0, 0.05) is 24.0 Å². The topological polar surface area (TPSA) is 95.3 Å². The first-order chi connectivity index (χ1) is 8.15. The summed E-state index contributed by atoms with van der Waals surface area (Å²) in [4.78, 5) is 19.3. The summed E-state index contributed by atoms with van der Waals surface area (Å²) in [6.45, 7) is 0. The van der Waals surface area contributed by atoms with Gasteiger partial charge in [-0.25, -0.2) is 9.97 Å². The molecule has 1 aromatic carbocycles. The number of nitrogens with zero attached hydrogens (tertiary/aromatic N) is 2. The third kappa shape index (κ3) is 2.69. The van der Waals surface area contributed by atoms with Crippen LogP contribution in [0.25, 0.3) is 0 Å². The molecule has 0 radical (unpaired) electrons. The van der Waals surface area contributed by atoms with E-state index >= 15 is 0 Å². The van der Waals surface area contributed by atoms with E-state index in [0.29, 0.717) is 0 Å². The average molecular weight is 231 g/mol. The molecule has 0 fully saturated rings. The van der Waals surface area contributed by atoms with Gasteiger partial charge in [-0.3, -0.25) is 10.1 Å². The lowest BCUT2D eigenvalue weighted by Crippen LogP contribution is -2.13. The number of aromatic nitrogens is 2. The minimum absolute atomic E-state index is 0.120. The molecule has 86 valence electrons. The first kappa shape index (κ1) is 10.9. The first-order valence-electron chi connectivity index (χ1n) is 4.76. The van der Waals surface area contributed by atoms with Crippen LogP contribution in [-0.2, 0) is 0 Å². The summed E-state index contributed by atoms with van der Waals surface area (Å²) in [6, 6.07) is 5.22. The zero-order valence-corrected chi connectivity index (χ0v) is 8.66. The molecular formula is C11H9N3O3. The number of carbonyl (C=O) groups excluding carboxylic acids is 1. The molecule has 0 unspecified atom stereocenters. The lowest BCUT2D eigenvalue weighted by molar-refractivity contribution is 0.102. The molecule has 0 saturated heterocycles. The van der Waals surface area contributed by atoms with Gasteiger partial charge in [-0.05, 0) is 18.2 Å². The summed E-state index contributed by atoms with van der Waals surface area (Å²) in [5, 5.41) is 20.9. The van der Waals surface area contributed by atoms with Crippen molar-refractivity contribution in [3.8, 4) is 11.5 Å². The summed E-state index contributed by atoms with van der Waals surface area (Å²) < 4.78 is 0. The van der Waals surface area contributed by atoms with Gasteiger partial charge in [0.05, 0.1) is 0 Å². The highest BCUT2D eigenvalue weighted by atomic mass is 16.3. The van der Waals surface area contributed by atoms with Crippen molar-refractivity contribution in [2.75, 3.05) is 5.32 Å². The minimum Gasteiger partial charge on any atom is -0.508 e. The van der Waals surface area contributed by atoms with E-state index in [-0.39, 0.29) is 23.0 Å². The zero-order chi connectivity index (χ0) is 12.3. The number of anilines is 1. The summed E-state index contributed by atoms with van der Waals surface area (Å²) in [7, 11) is 0. The Morgan fingerprint density at radius 1 is 1.06 bits per heavy atom. The van der Waals surface area contributed by atoms with Crippen molar-refractivity contribution in [1.82, 2.24) is 9.97 Å². The van der Waals surface area contributed by atoms with Crippen LogP contribution < -0.4 is 5.32 Å². The van der Waals surface area contributed by atoms with Crippen LogP contribution in [0.5, 0.6) is 11.5 Å². The summed E-state index contributed by atoms with van der Waals surface area (Å²) in [5.74, 6) is -0.740. The quantitative estimate of drug-likeness (QED) is 0.720. The predicted octanol–water partition coefficient (Wildman–Crippen LogP) is 1.14. The molecule has 6 heteroatoms. The lowest BCUT2D eigenvalue weighted by Gasteiger charge is -2.04. The Labute approximate surface area is 96.6 Å². The van der Waals surface area contributed by atoms with Crippen LogP contribution in [-0.4, -0.2) is 26.1 Å². The predicted molar refractivity (Wildman–Crippen MR) is 59.8 cm³/mol. The maximum absolute atomic E-state index is 11.7. The average Bonchev–Trinajstić information content (AvgIpc) is 2.29. The molecule has 0 aliphatic heterocycles. The Morgan fingerprint density at radius 2 is 1.65 bits per heavy atom. The Hall–Kier alpha value is -2.63. The van der Waals surface area contributed by atoms with Crippen LogP contribution in [0.4, 0.5) is 5.95 Å². The molecule has 0 aliphatic carbocycles. The minimum atomic E-state index is -0.512. The van der Waals surface area contributed by atoms with Crippen LogP contribution in [0.15, 0.2) is 36.7 Å². The normalized spacial score (nSPS) is 9.88. The van der Waals surface area contributed by atoms with Gasteiger partial charge in [-0.15, -0.1) is 0 Å². The second kappa shape index (κ2) is 4.48. The number of rotatable bonds is 2. The molecule has 0 bridgehead atoms. The molecule has 3 N–H and O–H groups in total. The lowest BCUT2D eigenvalue weighted by atomic mass is 10.2. The number of phenols is 2. The van der Waals surface area contributed by atoms with Crippen molar-refractivity contribution < 1.29 is 15.0 Å². The van der Waals surface area contributed by atoms with Crippen molar-refractivity contribution in [3.63, 3.8) is 0 Å². The number of phenolic OH excluding ortho intramolecular Hbond substituents is 2. The summed E-state index contributed by atoms with van der Waals surface area (Å²) in [6.07, 6.45) is 2.98. The van der Waals surface area contributed by atoms with Gasteiger partial charge in [-0.2, -0.15) is 0 Å². The molecule has 1 heterocycles. The molecule has 0 spiro atoms. The zero-order valence-electron chi connectivity index (χ0n) is 8.66. The van der Waals surface area contributed by atoms with Gasteiger partial charge in [-0.1, -0.05) is 0 Å². The summed E-state index contributed by atoms with van der Waals surface area (Å²) in [5.41, 5.74) is 0.120. The van der Waals surface area contributed by atoms with E-state index in [1.54, 1.807) is 6.07 Å². The molecule has 0 aliphatic rings. The van der Waals surface area contributed by atoms with Crippen molar-refractivity contribution >= 4 is 11.9 Å². The highest BCUT2D eigenvalue weighted by Crippen LogP contribution is 2.20. The van der Waals surface area contributed by atoms with E-state index in [1.165, 1.54) is 24.5 Å². The fraction of sp³-hybridized carbons (Fsp3) is 0. The summed E-state index contributed by atoms with van der Waals surface area (Å²) >= 11 is 0. The first-order valence-corrected chi connectivity index (χ1v) is 4.76. The molecule has 1 amide bonds. The fourth-order valence-corrected chi connectivity index (χ4v) is 1.26. The SMILES string of the molecule is O=C(Nc1ncccn1)c1cc(O)cc(O)c1. The van der Waals surface area contributed by atoms with Crippen molar-refractivity contribution in [2.24, 2.45) is 0 Å². The smallest absolute Gasteiger partial charge is 0.258 e. The van der Waals surface area contributed by atoms with Gasteiger partial charge in [0.15, 0.2) is 0 Å². The number of benzene rings is 1. The van der Waals surface area contributed by atoms with Crippen LogP contribution in [0.2, 0.25) is 0 Å². The Morgan fingerprint density at radius 3 is 2.24 bits per heavy atom. The third-order valence-corrected chi connectivity index (χ3v) is 1.96. The number of aromatic hydroxyl groups is 2. The monoisotopic (exact) mass is 231 g/mol. The number of hydrogen-bond acceptors (Lipinski definition) is 5. The molecule has 2 rings (SSSR count). The second-order valence-electron chi connectivity index (χ2n) is 3.26. The molecule has 1 aromatic heterocycles. The highest BCUT2D eigenvalue weighted by molar-refractivity contribution is 6.03. The number of nitrogens with one attached hydrogen (secondary N) is 1. The molecule has 2 aromatic rings. The van der Waals surface area contributed by atoms with E-state index in [4.69, 9.17) is 0 Å². The van der Waals surface area contributed by atoms with E-state index in [1.807, 2.05) is 0 Å². The Balaban J connectivity index is 2.20. The van der Waals surface area contributed by atoms with Crippen molar-refractivity contribution in [1.29, 1.82) is 0 Å². The van der Waals surface area contributed by atoms with Crippen molar-refractivity contribution in [3.05, 3.63) is 42.2 Å². The van der Waals surface area contributed by atoms with Crippen LogP contribution in [0.1, 0.15) is 10.4 Å². The van der Waals surface area contributed by atoms with E-state index in [9.17, 15) is 15.0 Å². The Bertz CT molecular complexity index is 523. The third-order valence-electron chi connectivity index (χ3n) is 1.96. The molecule has 0 atom stereocenters. The maximum Gasteiger partial charge on any atom is 0.258 e. The fourth-order valence-electron chi connectivity index (χ4n) is 1.26. The van der Waals surface area contributed by atoms with Crippen molar-refractivity contribution in [2.45, 2.75) is 0 Å².